The molecule has 2 saturated heterocycles. The van der Waals surface area contributed by atoms with E-state index >= 15 is 0 Å². The summed E-state index contributed by atoms with van der Waals surface area (Å²) in [6.45, 7) is 3.94. The summed E-state index contributed by atoms with van der Waals surface area (Å²) in [5.74, 6) is 0. The van der Waals surface area contributed by atoms with Gasteiger partial charge in [-0.2, -0.15) is 0 Å². The predicted octanol–water partition coefficient (Wildman–Crippen LogP) is 8.64. The van der Waals surface area contributed by atoms with Crippen molar-refractivity contribution in [1.29, 1.82) is 0 Å². The van der Waals surface area contributed by atoms with Crippen molar-refractivity contribution in [2.45, 2.75) is 24.8 Å². The van der Waals surface area contributed by atoms with Gasteiger partial charge < -0.3 is 4.74 Å². The fraction of sp³-hybridized carbons (Fsp3) is 0.133. The van der Waals surface area contributed by atoms with E-state index in [1.54, 1.807) is 12.1 Å². The SMILES string of the molecule is CC1=CC23OC2(C)C(=C1)[P+]3(C(=O)c1c(Cl)ccc2ccccc12)C(=O)c1c(Cl)ccc2ccccc12. The van der Waals surface area contributed by atoms with Crippen molar-refractivity contribution in [2.75, 3.05) is 0 Å². The number of carbonyl (C=O) groups excluding carboxylic acids is 2. The lowest BCUT2D eigenvalue weighted by molar-refractivity contribution is 0.104. The molecule has 1 spiro atoms. The fourth-order valence-electron chi connectivity index (χ4n) is 6.29. The van der Waals surface area contributed by atoms with Crippen LogP contribution < -0.4 is 0 Å². The Labute approximate surface area is 218 Å². The minimum Gasteiger partial charge on any atom is -0.311 e. The number of allylic oxidation sites excluding steroid dienone is 2. The average molecular weight is 530 g/mol. The van der Waals surface area contributed by atoms with Crippen LogP contribution in [-0.2, 0) is 4.74 Å². The molecule has 2 bridgehead atoms. The monoisotopic (exact) mass is 529 g/mol. The van der Waals surface area contributed by atoms with Crippen molar-refractivity contribution in [3.8, 4) is 0 Å². The van der Waals surface area contributed by atoms with Crippen LogP contribution in [0.3, 0.4) is 0 Å². The third kappa shape index (κ3) is 2.43. The zero-order chi connectivity index (χ0) is 25.0. The average Bonchev–Trinajstić information content (AvgIpc) is 3.43. The first-order valence-electron chi connectivity index (χ1n) is 11.7. The molecule has 6 heteroatoms. The summed E-state index contributed by atoms with van der Waals surface area (Å²) in [7, 11) is -3.30. The van der Waals surface area contributed by atoms with Crippen LogP contribution in [0.1, 0.15) is 34.6 Å². The minimum absolute atomic E-state index is 0.247. The van der Waals surface area contributed by atoms with E-state index in [2.05, 4.69) is 0 Å². The number of benzene rings is 4. The number of hydrogen-bond acceptors (Lipinski definition) is 3. The van der Waals surface area contributed by atoms with Gasteiger partial charge in [-0.25, -0.2) is 9.59 Å². The number of fused-ring (bicyclic) bond motifs is 3. The molecule has 4 aromatic rings. The molecule has 2 fully saturated rings. The number of carbonyl (C=O) groups is 2. The maximum absolute atomic E-state index is 14.9. The molecule has 2 unspecified atom stereocenters. The van der Waals surface area contributed by atoms with Gasteiger partial charge in [-0.05, 0) is 65.3 Å². The quantitative estimate of drug-likeness (QED) is 0.196. The van der Waals surface area contributed by atoms with E-state index < -0.39 is 18.2 Å². The van der Waals surface area contributed by atoms with Crippen LogP contribution in [0.15, 0.2) is 95.8 Å². The Morgan fingerprint density at radius 2 is 1.28 bits per heavy atom. The first kappa shape index (κ1) is 22.4. The lowest BCUT2D eigenvalue weighted by Gasteiger charge is -2.41. The van der Waals surface area contributed by atoms with E-state index in [9.17, 15) is 9.59 Å². The number of epoxide rings is 1. The maximum Gasteiger partial charge on any atom is 0.317 e. The first-order valence-corrected chi connectivity index (χ1v) is 14.3. The Hall–Kier alpha value is -2.81. The molecule has 2 atom stereocenters. The summed E-state index contributed by atoms with van der Waals surface area (Å²) >= 11 is 13.5. The predicted molar refractivity (Wildman–Crippen MR) is 148 cm³/mol. The Morgan fingerprint density at radius 1 is 0.778 bits per heavy atom. The highest BCUT2D eigenvalue weighted by atomic mass is 35.5. The molecule has 0 amide bonds. The molecule has 4 aromatic carbocycles. The second-order valence-electron chi connectivity index (χ2n) is 9.82. The van der Waals surface area contributed by atoms with Crippen LogP contribution in [0.25, 0.3) is 21.5 Å². The third-order valence-corrected chi connectivity index (χ3v) is 13.1. The second-order valence-corrected chi connectivity index (χ2v) is 13.9. The normalized spacial score (nSPS) is 25.0. The van der Waals surface area contributed by atoms with Crippen molar-refractivity contribution < 1.29 is 14.3 Å². The van der Waals surface area contributed by atoms with Crippen LogP contribution in [0, 0.1) is 0 Å². The molecule has 0 aromatic heterocycles. The fourth-order valence-corrected chi connectivity index (χ4v) is 12.2. The van der Waals surface area contributed by atoms with Gasteiger partial charge in [0.1, 0.15) is 5.31 Å². The molecule has 0 N–H and O–H groups in total. The zero-order valence-corrected chi connectivity index (χ0v) is 21.9. The lowest BCUT2D eigenvalue weighted by atomic mass is 9.96. The smallest absolute Gasteiger partial charge is 0.311 e. The lowest BCUT2D eigenvalue weighted by Crippen LogP contribution is -2.48. The molecule has 3 aliphatic heterocycles. The van der Waals surface area contributed by atoms with Crippen molar-refractivity contribution in [3.05, 3.63) is 117 Å². The van der Waals surface area contributed by atoms with Gasteiger partial charge in [0.2, 0.25) is 7.26 Å². The highest BCUT2D eigenvalue weighted by Crippen LogP contribution is 3.01. The molecule has 0 saturated carbocycles. The summed E-state index contributed by atoms with van der Waals surface area (Å²) in [6, 6.07) is 22.5. The van der Waals surface area contributed by atoms with Crippen LogP contribution >= 0.6 is 30.5 Å². The molecule has 36 heavy (non-hydrogen) atoms. The summed E-state index contributed by atoms with van der Waals surface area (Å²) in [4.78, 5) is 29.8. The van der Waals surface area contributed by atoms with Crippen LogP contribution in [-0.4, -0.2) is 22.0 Å². The molecule has 1 aliphatic carbocycles. The molecule has 8 rings (SSSR count). The second kappa shape index (κ2) is 7.15. The standard InChI is InChI=1S/C30H20Cl2O3P/c1-17-15-24-29(2)30(16-17,35-29)36(24,27(33)25-20-9-5-3-7-18(20)11-13-22(25)31)28(34)26-21-10-6-4-8-19(21)12-14-23(26)32/h3-16H,1-2H3/q+1. The van der Waals surface area contributed by atoms with Gasteiger partial charge in [0.25, 0.3) is 5.34 Å². The Kier molecular flexibility index (Phi) is 4.45. The minimum atomic E-state index is -3.30. The van der Waals surface area contributed by atoms with Gasteiger partial charge in [0, 0.05) is 0 Å². The summed E-state index contributed by atoms with van der Waals surface area (Å²) in [5.41, 5.74) is 0.600. The number of rotatable bonds is 4. The topological polar surface area (TPSA) is 46.7 Å². The van der Waals surface area contributed by atoms with Crippen LogP contribution in [0.5, 0.6) is 0 Å². The van der Waals surface area contributed by atoms with E-state index in [4.69, 9.17) is 27.9 Å². The molecular weight excluding hydrogens is 510 g/mol. The summed E-state index contributed by atoms with van der Waals surface area (Å²) in [5, 5.41) is 3.72. The van der Waals surface area contributed by atoms with Crippen molar-refractivity contribution >= 4 is 63.1 Å². The van der Waals surface area contributed by atoms with E-state index in [-0.39, 0.29) is 11.0 Å². The highest BCUT2D eigenvalue weighted by Gasteiger charge is 3.03. The van der Waals surface area contributed by atoms with E-state index in [0.29, 0.717) is 21.2 Å². The van der Waals surface area contributed by atoms with Gasteiger partial charge in [-0.3, -0.25) is 0 Å². The Balaban J connectivity index is 1.55. The zero-order valence-electron chi connectivity index (χ0n) is 19.5. The van der Waals surface area contributed by atoms with Gasteiger partial charge >= 0.3 is 11.0 Å². The van der Waals surface area contributed by atoms with E-state index in [1.165, 1.54) is 0 Å². The first-order chi connectivity index (χ1) is 17.3. The number of halogens is 2. The molecule has 4 aliphatic rings. The molecule has 176 valence electrons. The van der Waals surface area contributed by atoms with Crippen LogP contribution in [0.2, 0.25) is 10.0 Å². The Morgan fingerprint density at radius 3 is 1.78 bits per heavy atom. The molecule has 3 heterocycles. The third-order valence-electron chi connectivity index (χ3n) is 7.93. The van der Waals surface area contributed by atoms with Gasteiger partial charge in [-0.1, -0.05) is 83.9 Å². The maximum atomic E-state index is 14.9. The van der Waals surface area contributed by atoms with Gasteiger partial charge in [-0.15, -0.1) is 0 Å². The summed E-state index contributed by atoms with van der Waals surface area (Å²) in [6.07, 6.45) is 3.94. The largest absolute Gasteiger partial charge is 0.317 e. The van der Waals surface area contributed by atoms with Crippen molar-refractivity contribution in [3.63, 3.8) is 0 Å². The van der Waals surface area contributed by atoms with Crippen molar-refractivity contribution in [1.82, 2.24) is 0 Å². The number of hydrogen-bond donors (Lipinski definition) is 0. The number of ether oxygens (including phenoxy) is 1. The van der Waals surface area contributed by atoms with Crippen LogP contribution in [0.4, 0.5) is 0 Å². The Bertz CT molecular complexity index is 1670. The van der Waals surface area contributed by atoms with Gasteiger partial charge in [0.15, 0.2) is 5.60 Å². The molecular formula is C30H20Cl2O3P+. The van der Waals surface area contributed by atoms with Crippen molar-refractivity contribution in [2.24, 2.45) is 0 Å². The molecule has 3 nitrogen and oxygen atoms in total. The van der Waals surface area contributed by atoms with E-state index in [0.717, 1.165) is 32.4 Å². The van der Waals surface area contributed by atoms with Gasteiger partial charge in [0.05, 0.1) is 21.2 Å². The summed E-state index contributed by atoms with van der Waals surface area (Å²) < 4.78 is 6.38. The van der Waals surface area contributed by atoms with E-state index in [1.807, 2.05) is 86.7 Å². The highest BCUT2D eigenvalue weighted by molar-refractivity contribution is 8.11. The molecule has 0 radical (unpaired) electrons.